The monoisotopic (exact) mass is 116 g/mol. The molecule has 0 spiro atoms. The van der Waals surface area contributed by atoms with Gasteiger partial charge in [-0.2, -0.15) is 0 Å². The Labute approximate surface area is 52.9 Å². The molecule has 9 heavy (non-hydrogen) atoms. The van der Waals surface area contributed by atoms with Crippen LogP contribution in [0.4, 0.5) is 0 Å². The summed E-state index contributed by atoms with van der Waals surface area (Å²) in [6.45, 7) is 0. The van der Waals surface area contributed by atoms with E-state index in [1.54, 1.807) is 18.4 Å². The van der Waals surface area contributed by atoms with E-state index >= 15 is 0 Å². The number of fused-ring (bicyclic) bond motifs is 1. The van der Waals surface area contributed by atoms with Crippen LogP contribution in [-0.2, 0) is 0 Å². The van der Waals surface area contributed by atoms with Gasteiger partial charge in [0.1, 0.15) is 5.58 Å². The highest BCUT2D eigenvalue weighted by atomic mass is 16.3. The van der Waals surface area contributed by atoms with E-state index in [4.69, 9.17) is 4.42 Å². The molecular formula is C8H4O. The van der Waals surface area contributed by atoms with Crippen LogP contribution in [0.1, 0.15) is 0 Å². The summed E-state index contributed by atoms with van der Waals surface area (Å²) in [5.41, 5.74) is 0.845. The minimum atomic E-state index is 0.845. The van der Waals surface area contributed by atoms with Crippen LogP contribution in [0.25, 0.3) is 11.0 Å². The van der Waals surface area contributed by atoms with Gasteiger partial charge < -0.3 is 4.42 Å². The number of furan rings is 1. The molecule has 0 aliphatic rings. The molecule has 0 aliphatic heterocycles. The second-order valence-corrected chi connectivity index (χ2v) is 1.80. The molecule has 0 saturated carbocycles. The van der Waals surface area contributed by atoms with Gasteiger partial charge in [0.05, 0.1) is 6.26 Å². The molecule has 2 radical (unpaired) electrons. The lowest BCUT2D eigenvalue weighted by Gasteiger charge is -1.80. The molecule has 0 atom stereocenters. The Morgan fingerprint density at radius 3 is 3.33 bits per heavy atom. The zero-order chi connectivity index (χ0) is 6.10. The van der Waals surface area contributed by atoms with E-state index in [0.717, 1.165) is 11.0 Å². The lowest BCUT2D eigenvalue weighted by Crippen LogP contribution is -1.59. The first-order valence-electron chi connectivity index (χ1n) is 2.72. The molecule has 0 bridgehead atoms. The predicted molar refractivity (Wildman–Crippen MR) is 33.9 cm³/mol. The first kappa shape index (κ1) is 4.62. The van der Waals surface area contributed by atoms with Crippen molar-refractivity contribution in [1.82, 2.24) is 0 Å². The quantitative estimate of drug-likeness (QED) is 0.513. The van der Waals surface area contributed by atoms with Crippen molar-refractivity contribution in [3.05, 3.63) is 36.6 Å². The lowest BCUT2D eigenvalue weighted by molar-refractivity contribution is 0.616. The van der Waals surface area contributed by atoms with Crippen molar-refractivity contribution >= 4 is 11.0 Å². The van der Waals surface area contributed by atoms with Gasteiger partial charge in [-0.3, -0.25) is 0 Å². The van der Waals surface area contributed by atoms with Crippen molar-refractivity contribution in [2.45, 2.75) is 0 Å². The summed E-state index contributed by atoms with van der Waals surface area (Å²) >= 11 is 0. The fourth-order valence-electron chi connectivity index (χ4n) is 0.789. The normalized spacial score (nSPS) is 10.2. The van der Waals surface area contributed by atoms with Crippen LogP contribution in [0.2, 0.25) is 0 Å². The van der Waals surface area contributed by atoms with Crippen molar-refractivity contribution in [2.75, 3.05) is 0 Å². The van der Waals surface area contributed by atoms with E-state index in [0.29, 0.717) is 0 Å². The molecule has 0 fully saturated rings. The van der Waals surface area contributed by atoms with Gasteiger partial charge in [0, 0.05) is 5.39 Å². The summed E-state index contributed by atoms with van der Waals surface area (Å²) in [6.07, 6.45) is 1.65. The molecule has 1 aromatic heterocycles. The Hall–Kier alpha value is -1.24. The second-order valence-electron chi connectivity index (χ2n) is 1.80. The molecule has 1 heteroatoms. The standard InChI is InChI=1S/C8H4O/c1-2-4-8-7(3-1)5-6-9-8/h1,4-6H. The van der Waals surface area contributed by atoms with Gasteiger partial charge in [0.25, 0.3) is 0 Å². The fourth-order valence-corrected chi connectivity index (χ4v) is 0.789. The van der Waals surface area contributed by atoms with Crippen molar-refractivity contribution in [3.8, 4) is 0 Å². The SMILES string of the molecule is [c]1c[c]c2ccoc2c1. The van der Waals surface area contributed by atoms with Crippen molar-refractivity contribution in [1.29, 1.82) is 0 Å². The van der Waals surface area contributed by atoms with Crippen LogP contribution in [0, 0.1) is 12.1 Å². The Kier molecular flexibility index (Phi) is 0.833. The summed E-state index contributed by atoms with van der Waals surface area (Å²) < 4.78 is 5.06. The first-order valence-corrected chi connectivity index (χ1v) is 2.72. The third kappa shape index (κ3) is 0.617. The Bertz CT molecular complexity index is 279. The van der Waals surface area contributed by atoms with E-state index in [-0.39, 0.29) is 0 Å². The molecule has 0 aliphatic carbocycles. The summed E-state index contributed by atoms with van der Waals surface area (Å²) in [5, 5.41) is 1.01. The largest absolute Gasteiger partial charge is 0.464 e. The van der Waals surface area contributed by atoms with Crippen LogP contribution in [-0.4, -0.2) is 0 Å². The van der Waals surface area contributed by atoms with Gasteiger partial charge >= 0.3 is 0 Å². The minimum absolute atomic E-state index is 0.845. The summed E-state index contributed by atoms with van der Waals surface area (Å²) in [5.74, 6) is 0. The molecule has 0 unspecified atom stereocenters. The molecule has 1 aromatic carbocycles. The van der Waals surface area contributed by atoms with Crippen LogP contribution in [0.5, 0.6) is 0 Å². The summed E-state index contributed by atoms with van der Waals surface area (Å²) in [6, 6.07) is 11.3. The Morgan fingerprint density at radius 2 is 2.44 bits per heavy atom. The van der Waals surface area contributed by atoms with Gasteiger partial charge in [-0.1, -0.05) is 0 Å². The second kappa shape index (κ2) is 1.62. The number of hydrogen-bond donors (Lipinski definition) is 0. The van der Waals surface area contributed by atoms with E-state index in [1.807, 2.05) is 6.07 Å². The maximum absolute atomic E-state index is 5.06. The summed E-state index contributed by atoms with van der Waals surface area (Å²) in [7, 11) is 0. The van der Waals surface area contributed by atoms with Crippen LogP contribution in [0.15, 0.2) is 28.9 Å². The summed E-state index contributed by atoms with van der Waals surface area (Å²) in [4.78, 5) is 0. The smallest absolute Gasteiger partial charge is 0.135 e. The maximum atomic E-state index is 5.06. The highest BCUT2D eigenvalue weighted by Gasteiger charge is 1.90. The molecule has 0 amide bonds. The molecule has 2 rings (SSSR count). The molecule has 2 aromatic rings. The highest BCUT2D eigenvalue weighted by molar-refractivity contribution is 5.75. The van der Waals surface area contributed by atoms with Crippen molar-refractivity contribution in [2.24, 2.45) is 0 Å². The fraction of sp³-hybridized carbons (Fsp3) is 0. The van der Waals surface area contributed by atoms with Crippen LogP contribution >= 0.6 is 0 Å². The zero-order valence-corrected chi connectivity index (χ0v) is 4.72. The van der Waals surface area contributed by atoms with Gasteiger partial charge in [0.15, 0.2) is 0 Å². The Morgan fingerprint density at radius 1 is 1.44 bits per heavy atom. The number of benzene rings is 1. The zero-order valence-electron chi connectivity index (χ0n) is 4.72. The van der Waals surface area contributed by atoms with Gasteiger partial charge in [-0.25, -0.2) is 0 Å². The van der Waals surface area contributed by atoms with Gasteiger partial charge in [-0.15, -0.1) is 0 Å². The third-order valence-electron chi connectivity index (χ3n) is 1.22. The molecule has 1 heterocycles. The predicted octanol–water partition coefficient (Wildman–Crippen LogP) is 2.03. The average molecular weight is 116 g/mol. The van der Waals surface area contributed by atoms with E-state index in [2.05, 4.69) is 12.1 Å². The van der Waals surface area contributed by atoms with E-state index in [1.165, 1.54) is 0 Å². The first-order chi connectivity index (χ1) is 4.47. The van der Waals surface area contributed by atoms with Crippen LogP contribution < -0.4 is 0 Å². The van der Waals surface area contributed by atoms with Crippen molar-refractivity contribution in [3.63, 3.8) is 0 Å². The topological polar surface area (TPSA) is 13.1 Å². The lowest BCUT2D eigenvalue weighted by atomic mass is 10.3. The van der Waals surface area contributed by atoms with Gasteiger partial charge in [0.2, 0.25) is 0 Å². The van der Waals surface area contributed by atoms with E-state index in [9.17, 15) is 0 Å². The molecule has 42 valence electrons. The van der Waals surface area contributed by atoms with Gasteiger partial charge in [-0.05, 0) is 30.3 Å². The van der Waals surface area contributed by atoms with E-state index < -0.39 is 0 Å². The third-order valence-corrected chi connectivity index (χ3v) is 1.22. The molecule has 1 nitrogen and oxygen atoms in total. The molecule has 0 N–H and O–H groups in total. The number of rotatable bonds is 0. The van der Waals surface area contributed by atoms with Crippen molar-refractivity contribution < 1.29 is 4.42 Å². The minimum Gasteiger partial charge on any atom is -0.464 e. The Balaban J connectivity index is 2.95. The number of hydrogen-bond acceptors (Lipinski definition) is 1. The molecule has 0 saturated heterocycles. The highest BCUT2D eigenvalue weighted by Crippen LogP contribution is 2.11. The maximum Gasteiger partial charge on any atom is 0.135 e. The molecular weight excluding hydrogens is 112 g/mol. The van der Waals surface area contributed by atoms with Crippen LogP contribution in [0.3, 0.4) is 0 Å². The average Bonchev–Trinajstić information content (AvgIpc) is 2.33.